The van der Waals surface area contributed by atoms with Gasteiger partial charge in [0.05, 0.1) is 26.4 Å². The Labute approximate surface area is 421 Å². The van der Waals surface area contributed by atoms with E-state index in [1.807, 2.05) is 76.2 Å². The van der Waals surface area contributed by atoms with Crippen molar-refractivity contribution in [2.24, 2.45) is 0 Å². The van der Waals surface area contributed by atoms with Crippen LogP contribution in [0.3, 0.4) is 0 Å². The van der Waals surface area contributed by atoms with Gasteiger partial charge in [-0.15, -0.1) is 0 Å². The zero-order valence-electron chi connectivity index (χ0n) is 36.9. The van der Waals surface area contributed by atoms with Gasteiger partial charge in [0.25, 0.3) is 0 Å². The van der Waals surface area contributed by atoms with E-state index in [4.69, 9.17) is 29.8 Å². The van der Waals surface area contributed by atoms with E-state index in [0.29, 0.717) is 97.9 Å². The number of hydrogen-bond donors (Lipinski definition) is 4. The predicted octanol–water partition coefficient (Wildman–Crippen LogP) is 5.11. The fourth-order valence-electron chi connectivity index (χ4n) is 5.45. The fraction of sp³-hybridized carbons (Fsp3) is 0.409. The number of rotatable bonds is 24. The maximum atomic E-state index is 12.2. The predicted molar refractivity (Wildman–Crippen MR) is 236 cm³/mol. The zero-order chi connectivity index (χ0) is 44.4. The molecule has 0 aromatic heterocycles. The number of nitrogens with zero attached hydrogens (tertiary/aromatic N) is 2. The zero-order valence-corrected chi connectivity index (χ0v) is 47.5. The average Bonchev–Trinajstić information content (AvgIpc) is 3.23. The van der Waals surface area contributed by atoms with E-state index in [0.717, 1.165) is 39.0 Å². The van der Waals surface area contributed by atoms with E-state index in [9.17, 15) is 20.4 Å². The summed E-state index contributed by atoms with van der Waals surface area (Å²) in [5.41, 5.74) is 2.82. The van der Waals surface area contributed by atoms with E-state index >= 15 is 0 Å². The van der Waals surface area contributed by atoms with Crippen LogP contribution in [0.25, 0.3) is 10.8 Å². The van der Waals surface area contributed by atoms with E-state index < -0.39 is 0 Å². The smallest absolute Gasteiger partial charge is 0.870 e. The van der Waals surface area contributed by atoms with Crippen molar-refractivity contribution in [3.05, 3.63) is 106 Å². The van der Waals surface area contributed by atoms with Crippen molar-refractivity contribution in [1.82, 2.24) is 21.3 Å². The number of thiocarbonyl (C=S) groups is 2. The molecule has 0 unspecified atom stereocenters. The van der Waals surface area contributed by atoms with Crippen LogP contribution in [0.1, 0.15) is 62.8 Å². The molecule has 0 saturated heterocycles. The van der Waals surface area contributed by atoms with Crippen LogP contribution in [-0.2, 0) is 84.6 Å². The number of nitrogens with one attached hydrogen (secondary N) is 4. The second-order valence-electron chi connectivity index (χ2n) is 12.3. The summed E-state index contributed by atoms with van der Waals surface area (Å²) in [6.45, 7) is 14.5. The quantitative estimate of drug-likeness (QED) is 0.0310. The van der Waals surface area contributed by atoms with Gasteiger partial charge in [-0.2, -0.15) is 10.3 Å². The van der Waals surface area contributed by atoms with E-state index in [-0.39, 0.29) is 81.4 Å². The largest absolute Gasteiger partial charge is 2.00 e. The first-order chi connectivity index (χ1) is 29.2. The Morgan fingerprint density at radius 3 is 0.794 bits per heavy atom. The molecule has 0 spiro atoms. The molecule has 0 aliphatic carbocycles. The maximum absolute atomic E-state index is 12.2. The molecular weight excluding hydrogens is 1000 g/mol. The summed E-state index contributed by atoms with van der Waals surface area (Å²) in [7, 11) is 0. The first-order valence-electron chi connectivity index (χ1n) is 19.7. The number of para-hydroxylation sites is 4. The van der Waals surface area contributed by atoms with Crippen molar-refractivity contribution < 1.29 is 97.8 Å². The van der Waals surface area contributed by atoms with Crippen molar-refractivity contribution in [3.8, 4) is 46.0 Å². The Bertz CT molecular complexity index is 1620. The van der Waals surface area contributed by atoms with Crippen molar-refractivity contribution in [2.45, 2.75) is 66.7 Å². The topological polar surface area (TPSA) is 222 Å². The minimum Gasteiger partial charge on any atom is -0.870 e. The third kappa shape index (κ3) is 26.2. The first kappa shape index (κ1) is 63.9. The third-order valence-corrected chi connectivity index (χ3v) is 8.12. The summed E-state index contributed by atoms with van der Waals surface area (Å²) in [6.07, 6.45) is 1.78. The van der Waals surface area contributed by atoms with Crippen LogP contribution in [-0.4, -0.2) is 62.9 Å². The Hall–Kier alpha value is -3.41. The van der Waals surface area contributed by atoms with Gasteiger partial charge in [-0.3, -0.25) is 0 Å². The molecule has 0 fully saturated rings. The Morgan fingerprint density at radius 2 is 0.619 bits per heavy atom. The van der Waals surface area contributed by atoms with Crippen molar-refractivity contribution in [2.75, 3.05) is 52.6 Å². The molecule has 0 atom stereocenters. The van der Waals surface area contributed by atoms with E-state index in [2.05, 4.69) is 45.7 Å². The minimum absolute atomic E-state index is 0. The summed E-state index contributed by atoms with van der Waals surface area (Å²) >= 11 is 7.40. The van der Waals surface area contributed by atoms with Gasteiger partial charge in [-0.05, 0) is 113 Å². The molecule has 0 bridgehead atoms. The Kier molecular flexibility index (Phi) is 41.9. The molecule has 4 rings (SSSR count). The summed E-state index contributed by atoms with van der Waals surface area (Å²) in [6, 6.07) is 21.4. The van der Waals surface area contributed by atoms with Crippen LogP contribution in [0.5, 0.6) is 46.0 Å². The number of hydrogen-bond acceptors (Lipinski definition) is 14. The monoisotopic (exact) mass is 1050 g/mol. The summed E-state index contributed by atoms with van der Waals surface area (Å²) in [5.74, 6) is 1.40. The van der Waals surface area contributed by atoms with E-state index in [1.165, 1.54) is 10.3 Å². The molecule has 4 aromatic rings. The molecule has 0 saturated carbocycles. The summed E-state index contributed by atoms with van der Waals surface area (Å²) < 4.78 is 21.3. The van der Waals surface area contributed by atoms with Crippen molar-refractivity contribution in [1.29, 1.82) is 0 Å². The molecule has 0 aliphatic heterocycles. The number of ether oxygens (including phenoxy) is 4. The fourth-order valence-corrected chi connectivity index (χ4v) is 5.45. The van der Waals surface area contributed by atoms with Crippen LogP contribution in [0.2, 0.25) is 0 Å². The second-order valence-corrected chi connectivity index (χ2v) is 12.7. The molecule has 4 aromatic carbocycles. The molecule has 0 radical (unpaired) electrons. The normalized spacial score (nSPS) is 9.46. The van der Waals surface area contributed by atoms with Gasteiger partial charge in [0, 0.05) is 26.2 Å². The molecule has 4 N–H and O–H groups in total. The minimum atomic E-state index is -0.0536. The van der Waals surface area contributed by atoms with Gasteiger partial charge in [0.1, 0.15) is 23.0 Å². The van der Waals surface area contributed by atoms with E-state index in [1.54, 1.807) is 24.3 Å². The molecule has 14 nitrogen and oxygen atoms in total. The van der Waals surface area contributed by atoms with Crippen molar-refractivity contribution in [3.63, 3.8) is 0 Å². The molecular formula is C44H56N6O8S2Zn3. The van der Waals surface area contributed by atoms with Crippen LogP contribution < -0.4 is 60.6 Å². The van der Waals surface area contributed by atoms with Gasteiger partial charge in [0.2, 0.25) is 0 Å². The third-order valence-electron chi connectivity index (χ3n) is 8.12. The standard InChI is InChI=1S/2C21H30N2O4.2CNS.3Zn/c2*1-3-26-18-10-5-8-16(20(18)24)14-22-12-7-13-23-15-17-9-6-11-19(21(17)25)27-4-2;2*2-1-3;;;/h2*5-6,8-11,22-25H,3-4,7,12-15H2,1-2H3;;;;;/q;;2*-1;3*+2/p-4. The van der Waals surface area contributed by atoms with Crippen LogP contribution in [0, 0.1) is 0 Å². The number of benzene rings is 4. The maximum Gasteiger partial charge on any atom is 2.00 e. The van der Waals surface area contributed by atoms with Gasteiger partial charge < -0.3 is 71.5 Å². The second kappa shape index (κ2) is 41.3. The van der Waals surface area contributed by atoms with Gasteiger partial charge in [-0.1, -0.05) is 96.0 Å². The van der Waals surface area contributed by atoms with Gasteiger partial charge in [-0.25, -0.2) is 0 Å². The van der Waals surface area contributed by atoms with Crippen LogP contribution >= 0.6 is 24.4 Å². The summed E-state index contributed by atoms with van der Waals surface area (Å²) in [4.78, 5) is 0. The van der Waals surface area contributed by atoms with Crippen LogP contribution in [0.4, 0.5) is 0 Å². The van der Waals surface area contributed by atoms with Gasteiger partial charge >= 0.3 is 58.4 Å². The Morgan fingerprint density at radius 1 is 0.429 bits per heavy atom. The molecule has 328 valence electrons. The Balaban J connectivity index is -0.000000973. The molecule has 0 amide bonds. The summed E-state index contributed by atoms with van der Waals surface area (Å²) in [5, 5.41) is 78.7. The first-order valence-corrected chi connectivity index (χ1v) is 20.5. The molecule has 0 heterocycles. The van der Waals surface area contributed by atoms with Gasteiger partial charge in [0.15, 0.2) is 0 Å². The average molecular weight is 1060 g/mol. The molecule has 63 heavy (non-hydrogen) atoms. The number of isothiocyanates is 2. The van der Waals surface area contributed by atoms with Crippen LogP contribution in [0.15, 0.2) is 72.8 Å². The molecule has 0 aliphatic rings. The molecule has 19 heteroatoms. The SMILES string of the molecule is CCOc1cccc(CNCCCNCc2cccc(OCC)c2[O-])c1[O-].CCOc1cccc(CNCCCNCc2cccc(OCC)c2[O-])c1[O-].[N-]=C=S.[N-]=C=S.[Zn+2].[Zn+2].[Zn+2]. The van der Waals surface area contributed by atoms with Crippen molar-refractivity contribution >= 4 is 34.8 Å².